The van der Waals surface area contributed by atoms with Gasteiger partial charge in [-0.2, -0.15) is 0 Å². The van der Waals surface area contributed by atoms with Gasteiger partial charge in [0.15, 0.2) is 0 Å². The summed E-state index contributed by atoms with van der Waals surface area (Å²) in [5.74, 6) is 0.598. The highest BCUT2D eigenvalue weighted by atomic mass is 35.5. The fourth-order valence-electron chi connectivity index (χ4n) is 2.20. The Labute approximate surface area is 153 Å². The molecule has 0 aliphatic rings. The summed E-state index contributed by atoms with van der Waals surface area (Å²) in [7, 11) is 0. The molecule has 4 nitrogen and oxygen atoms in total. The van der Waals surface area contributed by atoms with E-state index in [4.69, 9.17) is 21.1 Å². The minimum atomic E-state index is -0.463. The van der Waals surface area contributed by atoms with Gasteiger partial charge in [-0.05, 0) is 36.1 Å². The molecule has 0 aromatic heterocycles. The Kier molecular flexibility index (Phi) is 7.86. The Morgan fingerprint density at radius 1 is 1.12 bits per heavy atom. The molecule has 0 aliphatic heterocycles. The lowest BCUT2D eigenvalue weighted by molar-refractivity contribution is 0.146. The van der Waals surface area contributed by atoms with Crippen LogP contribution < -0.4 is 10.1 Å². The molecule has 1 amide bonds. The Hall–Kier alpha value is -2.46. The zero-order valence-electron chi connectivity index (χ0n) is 14.0. The molecule has 25 heavy (non-hydrogen) atoms. The first kappa shape index (κ1) is 18.9. The third kappa shape index (κ3) is 6.89. The van der Waals surface area contributed by atoms with Gasteiger partial charge in [0, 0.05) is 0 Å². The molecule has 0 atom stereocenters. The molecule has 2 aromatic rings. The van der Waals surface area contributed by atoms with Gasteiger partial charge in [0.25, 0.3) is 0 Å². The van der Waals surface area contributed by atoms with Crippen LogP contribution >= 0.6 is 11.6 Å². The van der Waals surface area contributed by atoms with Crippen LogP contribution in [0.5, 0.6) is 5.75 Å². The van der Waals surface area contributed by atoms with E-state index in [1.807, 2.05) is 36.4 Å². The van der Waals surface area contributed by atoms with Gasteiger partial charge < -0.3 is 14.8 Å². The SMILES string of the molecule is C=CCCOC(=O)NCCOc1ccc(Cc2ccccc2)cc1Cl. The number of halogens is 1. The molecule has 0 spiro atoms. The lowest BCUT2D eigenvalue weighted by Gasteiger charge is -2.10. The molecule has 2 rings (SSSR count). The van der Waals surface area contributed by atoms with E-state index < -0.39 is 6.09 Å². The van der Waals surface area contributed by atoms with Crippen LogP contribution in [-0.4, -0.2) is 25.9 Å². The van der Waals surface area contributed by atoms with Crippen molar-refractivity contribution < 1.29 is 14.3 Å². The number of carbonyl (C=O) groups excluding carboxylic acids is 1. The predicted octanol–water partition coefficient (Wildman–Crippen LogP) is 4.61. The average Bonchev–Trinajstić information content (AvgIpc) is 2.61. The van der Waals surface area contributed by atoms with Crippen LogP contribution in [0, 0.1) is 0 Å². The lowest BCUT2D eigenvalue weighted by atomic mass is 10.1. The molecule has 0 radical (unpaired) electrons. The molecule has 2 aromatic carbocycles. The molecule has 132 valence electrons. The molecule has 5 heteroatoms. The van der Waals surface area contributed by atoms with E-state index >= 15 is 0 Å². The van der Waals surface area contributed by atoms with Crippen molar-refractivity contribution >= 4 is 17.7 Å². The van der Waals surface area contributed by atoms with Crippen LogP contribution in [0.1, 0.15) is 17.5 Å². The van der Waals surface area contributed by atoms with E-state index in [-0.39, 0.29) is 0 Å². The average molecular weight is 360 g/mol. The Morgan fingerprint density at radius 2 is 1.92 bits per heavy atom. The van der Waals surface area contributed by atoms with E-state index in [0.717, 1.165) is 12.0 Å². The number of hydrogen-bond donors (Lipinski definition) is 1. The van der Waals surface area contributed by atoms with Crippen LogP contribution in [0.15, 0.2) is 61.2 Å². The Bertz CT molecular complexity index is 689. The minimum absolute atomic E-state index is 0.314. The highest BCUT2D eigenvalue weighted by Crippen LogP contribution is 2.26. The number of hydrogen-bond acceptors (Lipinski definition) is 3. The van der Waals surface area contributed by atoms with Crippen LogP contribution in [0.3, 0.4) is 0 Å². The molecule has 0 unspecified atom stereocenters. The van der Waals surface area contributed by atoms with Gasteiger partial charge in [-0.1, -0.05) is 54.1 Å². The van der Waals surface area contributed by atoms with Crippen molar-refractivity contribution in [2.45, 2.75) is 12.8 Å². The summed E-state index contributed by atoms with van der Waals surface area (Å²) in [6, 6.07) is 15.9. The fourth-order valence-corrected chi connectivity index (χ4v) is 2.46. The maximum atomic E-state index is 11.4. The van der Waals surface area contributed by atoms with Gasteiger partial charge in [-0.25, -0.2) is 4.79 Å². The third-order valence-corrected chi connectivity index (χ3v) is 3.73. The summed E-state index contributed by atoms with van der Waals surface area (Å²) in [4.78, 5) is 11.4. The smallest absolute Gasteiger partial charge is 0.407 e. The maximum Gasteiger partial charge on any atom is 0.407 e. The van der Waals surface area contributed by atoms with E-state index in [2.05, 4.69) is 24.0 Å². The Balaban J connectivity index is 1.75. The van der Waals surface area contributed by atoms with Crippen molar-refractivity contribution in [2.75, 3.05) is 19.8 Å². The summed E-state index contributed by atoms with van der Waals surface area (Å²) in [6.45, 7) is 4.54. The normalized spacial score (nSPS) is 10.1. The summed E-state index contributed by atoms with van der Waals surface area (Å²) in [5, 5.41) is 3.17. The Morgan fingerprint density at radius 3 is 2.64 bits per heavy atom. The zero-order chi connectivity index (χ0) is 17.9. The van der Waals surface area contributed by atoms with Gasteiger partial charge in [0.2, 0.25) is 0 Å². The van der Waals surface area contributed by atoms with Gasteiger partial charge >= 0.3 is 6.09 Å². The first-order chi connectivity index (χ1) is 12.2. The van der Waals surface area contributed by atoms with Crippen molar-refractivity contribution in [3.8, 4) is 5.75 Å². The van der Waals surface area contributed by atoms with Crippen LogP contribution in [0.2, 0.25) is 5.02 Å². The van der Waals surface area contributed by atoms with Crippen molar-refractivity contribution in [1.82, 2.24) is 5.32 Å². The third-order valence-electron chi connectivity index (χ3n) is 3.43. The number of nitrogens with one attached hydrogen (secondary N) is 1. The summed E-state index contributed by atoms with van der Waals surface area (Å²) >= 11 is 6.28. The van der Waals surface area contributed by atoms with Gasteiger partial charge in [0.05, 0.1) is 18.2 Å². The minimum Gasteiger partial charge on any atom is -0.490 e. The van der Waals surface area contributed by atoms with Crippen molar-refractivity contribution in [3.05, 3.63) is 77.3 Å². The zero-order valence-corrected chi connectivity index (χ0v) is 14.8. The fraction of sp³-hybridized carbons (Fsp3) is 0.250. The summed E-state index contributed by atoms with van der Waals surface area (Å²) in [5.41, 5.74) is 2.35. The molecule has 0 bridgehead atoms. The molecule has 0 saturated heterocycles. The van der Waals surface area contributed by atoms with Gasteiger partial charge in [-0.15, -0.1) is 6.58 Å². The van der Waals surface area contributed by atoms with E-state index in [1.54, 1.807) is 6.08 Å². The number of ether oxygens (including phenoxy) is 2. The monoisotopic (exact) mass is 359 g/mol. The highest BCUT2D eigenvalue weighted by Gasteiger charge is 2.05. The van der Waals surface area contributed by atoms with Crippen LogP contribution in [0.25, 0.3) is 0 Å². The second-order valence-electron chi connectivity index (χ2n) is 5.42. The second kappa shape index (κ2) is 10.4. The first-order valence-electron chi connectivity index (χ1n) is 8.15. The molecule has 0 fully saturated rings. The number of alkyl carbamates (subject to hydrolysis) is 1. The molecule has 1 N–H and O–H groups in total. The molecule has 0 aliphatic carbocycles. The first-order valence-corrected chi connectivity index (χ1v) is 8.53. The molecule has 0 heterocycles. The summed E-state index contributed by atoms with van der Waals surface area (Å²) < 4.78 is 10.5. The van der Waals surface area contributed by atoms with Gasteiger partial charge in [0.1, 0.15) is 12.4 Å². The van der Waals surface area contributed by atoms with Crippen molar-refractivity contribution in [1.29, 1.82) is 0 Å². The quantitative estimate of drug-likeness (QED) is 0.525. The largest absolute Gasteiger partial charge is 0.490 e. The number of rotatable bonds is 9. The van der Waals surface area contributed by atoms with Crippen LogP contribution in [-0.2, 0) is 11.2 Å². The highest BCUT2D eigenvalue weighted by molar-refractivity contribution is 6.32. The van der Waals surface area contributed by atoms with Crippen molar-refractivity contribution in [3.63, 3.8) is 0 Å². The van der Waals surface area contributed by atoms with E-state index in [1.165, 1.54) is 5.56 Å². The van der Waals surface area contributed by atoms with Crippen LogP contribution in [0.4, 0.5) is 4.79 Å². The van der Waals surface area contributed by atoms with Gasteiger partial charge in [-0.3, -0.25) is 0 Å². The van der Waals surface area contributed by atoms with Crippen molar-refractivity contribution in [2.24, 2.45) is 0 Å². The standard InChI is InChI=1S/C20H22ClNO3/c1-2-3-12-25-20(23)22-11-13-24-19-10-9-17(15-18(19)21)14-16-7-5-4-6-8-16/h2,4-10,15H,1,3,11-14H2,(H,22,23). The topological polar surface area (TPSA) is 47.6 Å². The number of amides is 1. The van der Waals surface area contributed by atoms with E-state index in [0.29, 0.717) is 37.0 Å². The predicted molar refractivity (Wildman–Crippen MR) is 100 cm³/mol. The number of benzene rings is 2. The number of carbonyl (C=O) groups is 1. The van der Waals surface area contributed by atoms with E-state index in [9.17, 15) is 4.79 Å². The lowest BCUT2D eigenvalue weighted by Crippen LogP contribution is -2.28. The maximum absolute atomic E-state index is 11.4. The molecular weight excluding hydrogens is 338 g/mol. The molecule has 0 saturated carbocycles. The summed E-state index contributed by atoms with van der Waals surface area (Å²) in [6.07, 6.45) is 2.68. The second-order valence-corrected chi connectivity index (χ2v) is 5.82. The molecular formula is C20H22ClNO3.